The van der Waals surface area contributed by atoms with Crippen molar-refractivity contribution in [1.29, 1.82) is 0 Å². The Bertz CT molecular complexity index is 6250. The van der Waals surface area contributed by atoms with Gasteiger partial charge in [-0.25, -0.2) is 4.98 Å². The number of carbonyl (C=O) groups is 2. The van der Waals surface area contributed by atoms with E-state index in [1.807, 2.05) is 132 Å². The number of morpholine rings is 1. The lowest BCUT2D eigenvalue weighted by molar-refractivity contribution is -0.384. The third kappa shape index (κ3) is 25.6. The molecule has 8 aliphatic rings. The molecule has 3 aliphatic carbocycles. The monoisotopic (exact) mass is 2070 g/mol. The quantitative estimate of drug-likeness (QED) is 0.00516. The molecule has 9 atom stereocenters. The van der Waals surface area contributed by atoms with Crippen LogP contribution in [0.15, 0.2) is 205 Å². The number of fused-ring (bicyclic) bond motifs is 8. The van der Waals surface area contributed by atoms with Gasteiger partial charge >= 0.3 is 0 Å². The smallest absolute Gasteiger partial charge is 0.270 e. The van der Waals surface area contributed by atoms with Crippen LogP contribution in [0, 0.1) is 31.4 Å². The van der Waals surface area contributed by atoms with E-state index in [0.717, 1.165) is 193 Å². The van der Waals surface area contributed by atoms with Crippen LogP contribution in [0.5, 0.6) is 28.7 Å². The molecule has 8 heterocycles. The Morgan fingerprint density at radius 2 is 1.25 bits per heavy atom. The van der Waals surface area contributed by atoms with E-state index in [1.165, 1.54) is 129 Å². The highest BCUT2D eigenvalue weighted by atomic mass is 127. The predicted octanol–water partition coefficient (Wildman–Crippen LogP) is 28.9. The number of hydrogen-bond donors (Lipinski definition) is 5. The topological polar surface area (TPSA) is 240 Å². The average Bonchev–Trinajstić information content (AvgIpc) is 1.72. The number of H-pyrrole nitrogens is 1. The van der Waals surface area contributed by atoms with Gasteiger partial charge in [0.05, 0.1) is 35.8 Å². The highest BCUT2D eigenvalue weighted by Gasteiger charge is 2.48. The summed E-state index contributed by atoms with van der Waals surface area (Å²) in [6.45, 7) is 38.9. The largest absolute Gasteiger partial charge is 0.508 e. The predicted molar refractivity (Wildman–Crippen MR) is 591 cm³/mol. The number of aliphatic hydroxyl groups excluding tert-OH is 2. The lowest BCUT2D eigenvalue weighted by Gasteiger charge is -2.47. The lowest BCUT2D eigenvalue weighted by Crippen LogP contribution is -2.45. The van der Waals surface area contributed by atoms with Crippen LogP contribution in [0.4, 0.5) is 5.69 Å². The summed E-state index contributed by atoms with van der Waals surface area (Å²) in [5, 5.41) is 57.4. The number of para-hydroxylation sites is 2. The summed E-state index contributed by atoms with van der Waals surface area (Å²) in [4.78, 5) is 50.0. The van der Waals surface area contributed by atoms with E-state index in [1.54, 1.807) is 24.0 Å². The van der Waals surface area contributed by atoms with Gasteiger partial charge in [-0.05, 0) is 276 Å². The number of nitrogens with zero attached hydrogens (tertiary/aromatic N) is 6. The van der Waals surface area contributed by atoms with Gasteiger partial charge in [0.15, 0.2) is 16.7 Å². The van der Waals surface area contributed by atoms with Crippen LogP contribution in [-0.4, -0.2) is 155 Å². The van der Waals surface area contributed by atoms with Crippen LogP contribution in [0.2, 0.25) is 0 Å². The Morgan fingerprint density at radius 1 is 0.608 bits per heavy atom. The third-order valence-corrected chi connectivity index (χ3v) is 34.5. The summed E-state index contributed by atoms with van der Waals surface area (Å²) >= 11 is 3.75. The van der Waals surface area contributed by atoms with E-state index in [0.29, 0.717) is 68.9 Å². The van der Waals surface area contributed by atoms with Crippen molar-refractivity contribution in [2.75, 3.05) is 65.4 Å². The van der Waals surface area contributed by atoms with Crippen molar-refractivity contribution in [3.8, 4) is 28.7 Å². The van der Waals surface area contributed by atoms with Gasteiger partial charge in [-0.2, -0.15) is 0 Å². The first kappa shape index (κ1) is 108. The van der Waals surface area contributed by atoms with Crippen LogP contribution in [0.3, 0.4) is 0 Å². The Kier molecular flexibility index (Phi) is 36.1. The maximum Gasteiger partial charge on any atom is 0.270 e. The number of piperidine rings is 1. The van der Waals surface area contributed by atoms with Gasteiger partial charge in [0.1, 0.15) is 46.6 Å². The number of rotatable bonds is 31. The molecule has 5 N–H and O–H groups in total. The molecule has 1 unspecified atom stereocenters. The normalized spacial score (nSPS) is 21.3. The number of nitro benzene ring substituents is 1. The van der Waals surface area contributed by atoms with E-state index >= 15 is 0 Å². The number of phenolic OH excluding ortho intramolecular Hbond substituents is 2. The van der Waals surface area contributed by atoms with Crippen LogP contribution in [0.25, 0.3) is 32.6 Å². The minimum Gasteiger partial charge on any atom is -0.508 e. The number of ketones is 2. The lowest BCUT2D eigenvalue weighted by atomic mass is 9.66. The third-order valence-electron chi connectivity index (χ3n) is 32.6. The molecule has 11 aromatic rings. The standard InChI is InChI=1S/C28H40N2O2S.C26H24N2O3.C24H40O3.C22H22IN3O3.C22H32O/c1-6-7-8-9-12-27(2,3)20-16-23(31)25-21-15-19(18-33-26-29-13-14-30-26)10-11-22(21)28(4,5)32-24(25)17-20;29-26(22-9-3-6-18-5-1-2-7-20(18)22)23-16-28-19(15-27-11-13-30-14-12-27)17-31-24-10-4-8-21(23)25(24)28;1-4-5-6-7-14-24(2,3)19-11-13-21(23(27)16-19)22-17-20(26)12-10-18(22)9-8-15-25;1-24-11-5-4-6-16(24)13-25-14-19(17-7-2-3-8-21(17)25)22(27)18-10-9-15(26(28)29)12-20(18)23;1-7-12-21(3,4)16-9-10-17-18-13-15(2)8-11-19(18)22(5,6)23-20(17)14-16/h10,13-14,16-17,21-22,31H,6-9,11-12,15,18H2,1-5H3,(H,29,30);1-10,16,19H,11-15,17H2;11,13,16,18,20,22,25-27H,4-10,12,14-15,17H2,1-3H3;2-3,7-10,12,14,16H,4-6,11,13H2,1H3;8-10,14,18-19H,7,11-13H2,1-6H3/t21-,22-;19-;18-,20-,22-;;18-,19+/m111.0/s1. The Labute approximate surface area is 867 Å². The van der Waals surface area contributed by atoms with Gasteiger partial charge in [-0.1, -0.05) is 259 Å². The number of hydrogen-bond acceptors (Lipinski definition) is 16. The van der Waals surface area contributed by atoms with Crippen molar-refractivity contribution < 1.29 is 53.9 Å². The van der Waals surface area contributed by atoms with E-state index in [9.17, 15) is 40.1 Å². The maximum absolute atomic E-state index is 13.8. The van der Waals surface area contributed by atoms with Gasteiger partial charge in [-0.3, -0.25) is 24.6 Å². The number of phenols is 2. The van der Waals surface area contributed by atoms with Crippen LogP contribution in [-0.2, 0) is 27.5 Å². The number of ether oxygens (including phenoxy) is 4. The number of unbranched alkanes of at least 4 members (excludes halogenated alkanes) is 6. The number of halogens is 1. The number of allylic oxidation sites excluding steroid dienone is 3. The molecule has 766 valence electrons. The van der Waals surface area contributed by atoms with Gasteiger partial charge in [-0.15, -0.1) is 0 Å². The van der Waals surface area contributed by atoms with Crippen LogP contribution in [0.1, 0.15) is 340 Å². The van der Waals surface area contributed by atoms with Gasteiger partial charge in [0.2, 0.25) is 0 Å². The zero-order valence-electron chi connectivity index (χ0n) is 87.7. The first-order valence-corrected chi connectivity index (χ1v) is 55.5. The first-order chi connectivity index (χ1) is 68.6. The van der Waals surface area contributed by atoms with E-state index in [-0.39, 0.29) is 75.3 Å². The number of nitrogens with one attached hydrogen (secondary N) is 1. The maximum atomic E-state index is 13.8. The summed E-state index contributed by atoms with van der Waals surface area (Å²) in [6, 6.07) is 50.5. The molecule has 3 aromatic heterocycles. The van der Waals surface area contributed by atoms with Crippen molar-refractivity contribution in [1.82, 2.24) is 28.9 Å². The Morgan fingerprint density at radius 3 is 1.95 bits per heavy atom. The number of aromatic hydroxyl groups is 2. The van der Waals surface area contributed by atoms with Crippen molar-refractivity contribution in [3.63, 3.8) is 0 Å². The molecule has 5 aliphatic heterocycles. The highest BCUT2D eigenvalue weighted by Crippen LogP contribution is 2.57. The molecule has 0 radical (unpaired) electrons. The number of aliphatic hydroxyl groups is 2. The molecule has 1 saturated carbocycles. The number of thioether (sulfide) groups is 1. The SMILES string of the molecule is CCCC(C)(C)c1ccc2c(c1)OC(C)(C)[C@@H]1CC=C(C)C[C@@H]21.CCCCCCC(C)(C)c1cc(O)c2c(c1)OC(C)(C)[C@@H]1CC=C(CSc3ncc[nH]3)C[C@@H]21.CCCCCCC(C)(C)c1ccc([C@@H]2C[C@H](O)CC[C@H]2CCCO)c(O)c1.CN1CCCCC1Cn1cc(C(=O)c2ccc([N+](=O)[O-])cc2I)c2ccccc21.O=C(c1cccc2ccccc12)c1cn2c3c(cccc13)OC[C@H]2CN1CCOCC1. The van der Waals surface area contributed by atoms with Gasteiger partial charge < -0.3 is 58.4 Å². The minimum absolute atomic E-state index is 0.00582. The van der Waals surface area contributed by atoms with Gasteiger partial charge in [0, 0.05) is 147 Å². The number of likely N-dealkylation sites (N-methyl/N-ethyl adjacent to an activating group) is 1. The van der Waals surface area contributed by atoms with Crippen molar-refractivity contribution in [3.05, 3.63) is 269 Å². The van der Waals surface area contributed by atoms with E-state index < -0.39 is 4.92 Å². The molecule has 19 rings (SSSR count). The summed E-state index contributed by atoms with van der Waals surface area (Å²) in [5.74, 6) is 7.01. The van der Waals surface area contributed by atoms with E-state index in [2.05, 4.69) is 187 Å². The molecule has 0 bridgehead atoms. The molecular formula is C122H158IN7O12S. The second-order valence-electron chi connectivity index (χ2n) is 44.9. The molecule has 21 heteroatoms. The van der Waals surface area contributed by atoms with Crippen molar-refractivity contribution in [2.45, 2.75) is 326 Å². The summed E-state index contributed by atoms with van der Waals surface area (Å²) in [6.07, 6.45) is 39.1. The van der Waals surface area contributed by atoms with Crippen molar-refractivity contribution in [2.24, 2.45) is 17.8 Å². The fourth-order valence-corrected chi connectivity index (χ4v) is 25.6. The molecule has 8 aromatic carbocycles. The molecule has 3 fully saturated rings. The molecule has 19 nitrogen and oxygen atoms in total. The Balaban J connectivity index is 0.000000135. The molecule has 2 saturated heterocycles. The number of aromatic amines is 1. The summed E-state index contributed by atoms with van der Waals surface area (Å²) < 4.78 is 29.8. The summed E-state index contributed by atoms with van der Waals surface area (Å²) in [5.41, 5.74) is 14.8. The van der Waals surface area contributed by atoms with Crippen molar-refractivity contribution >= 4 is 84.2 Å². The number of aromatic nitrogens is 4. The highest BCUT2D eigenvalue weighted by molar-refractivity contribution is 14.1. The fraction of sp³-hybridized carbons (Fsp3) is 0.516. The number of non-ortho nitro benzene ring substituents is 1. The average molecular weight is 2070 g/mol. The zero-order valence-corrected chi connectivity index (χ0v) is 90.6. The molecular weight excluding hydrogens is 1910 g/mol. The van der Waals surface area contributed by atoms with Crippen LogP contribution >= 0.6 is 34.4 Å². The number of carbonyl (C=O) groups excluding carboxylic acids is 2. The first-order valence-electron chi connectivity index (χ1n) is 53.4. The molecule has 0 spiro atoms. The number of benzene rings is 8. The Hall–Kier alpha value is -9.59. The van der Waals surface area contributed by atoms with Gasteiger partial charge in [0.25, 0.3) is 5.69 Å². The minimum atomic E-state index is -0.442. The fourth-order valence-electron chi connectivity index (χ4n) is 24.0. The molecule has 0 amide bonds. The summed E-state index contributed by atoms with van der Waals surface area (Å²) in [7, 11) is 2.17. The number of imidazole rings is 1. The zero-order chi connectivity index (χ0) is 102. The van der Waals surface area contributed by atoms with E-state index in [4.69, 9.17) is 18.9 Å². The number of nitro groups is 1. The second kappa shape index (κ2) is 47.9. The second-order valence-corrected chi connectivity index (χ2v) is 47.0. The number of likely N-dealkylation sites (tertiary alicyclic amines) is 1. The van der Waals surface area contributed by atoms with Crippen LogP contribution < -0.4 is 14.2 Å². The molecule has 143 heavy (non-hydrogen) atoms.